The first kappa shape index (κ1) is 15.6. The highest BCUT2D eigenvalue weighted by Gasteiger charge is 2.12. The van der Waals surface area contributed by atoms with Crippen LogP contribution in [0.25, 0.3) is 0 Å². The van der Waals surface area contributed by atoms with Crippen LogP contribution < -0.4 is 14.8 Å². The van der Waals surface area contributed by atoms with Crippen LogP contribution in [0.4, 0.5) is 5.69 Å². The molecule has 0 aromatic heterocycles. The Morgan fingerprint density at radius 2 is 1.95 bits per heavy atom. The van der Waals surface area contributed by atoms with E-state index in [1.165, 1.54) is 14.2 Å². The molecule has 0 aliphatic carbocycles. The van der Waals surface area contributed by atoms with E-state index in [-0.39, 0.29) is 12.3 Å². The summed E-state index contributed by atoms with van der Waals surface area (Å²) in [6.07, 6.45) is 0.116. The average molecular weight is 288 g/mol. The van der Waals surface area contributed by atoms with Crippen molar-refractivity contribution in [2.24, 2.45) is 0 Å². The van der Waals surface area contributed by atoms with Crippen molar-refractivity contribution in [2.45, 2.75) is 25.9 Å². The molecule has 0 saturated carbocycles. The molecule has 5 nitrogen and oxygen atoms in total. The van der Waals surface area contributed by atoms with Gasteiger partial charge in [-0.15, -0.1) is 0 Å². The van der Waals surface area contributed by atoms with Gasteiger partial charge < -0.3 is 19.9 Å². The molecule has 0 spiro atoms. The number of anilines is 1. The van der Waals surface area contributed by atoms with E-state index in [0.717, 1.165) is 0 Å². The average Bonchev–Trinajstić information content (AvgIpc) is 2.38. The Morgan fingerprint density at radius 1 is 1.37 bits per heavy atom. The third-order valence-corrected chi connectivity index (χ3v) is 2.85. The highest BCUT2D eigenvalue weighted by atomic mass is 35.5. The van der Waals surface area contributed by atoms with Crippen LogP contribution in [0.15, 0.2) is 12.1 Å². The number of aliphatic hydroxyl groups excluding tert-OH is 1. The summed E-state index contributed by atoms with van der Waals surface area (Å²) in [5.74, 6) is 0.766. The molecule has 1 unspecified atom stereocenters. The highest BCUT2D eigenvalue weighted by Crippen LogP contribution is 2.36. The van der Waals surface area contributed by atoms with Gasteiger partial charge in [0.15, 0.2) is 11.5 Å². The van der Waals surface area contributed by atoms with Gasteiger partial charge in [-0.25, -0.2) is 0 Å². The molecule has 1 aromatic rings. The lowest BCUT2D eigenvalue weighted by atomic mass is 10.2. The molecule has 0 heterocycles. The molecule has 0 fully saturated rings. The third kappa shape index (κ3) is 4.61. The normalized spacial score (nSPS) is 11.8. The summed E-state index contributed by atoms with van der Waals surface area (Å²) in [7, 11) is 3.01. The zero-order valence-corrected chi connectivity index (χ0v) is 12.0. The number of halogens is 1. The predicted octanol–water partition coefficient (Wildman–Crippen LogP) is 2.46. The summed E-state index contributed by atoms with van der Waals surface area (Å²) in [4.78, 5) is 11.7. The van der Waals surface area contributed by atoms with E-state index in [2.05, 4.69) is 5.32 Å². The van der Waals surface area contributed by atoms with Gasteiger partial charge in [0, 0.05) is 18.6 Å². The minimum Gasteiger partial charge on any atom is -0.493 e. The molecule has 6 heteroatoms. The van der Waals surface area contributed by atoms with Crippen molar-refractivity contribution in [2.75, 3.05) is 19.5 Å². The second kappa shape index (κ2) is 7.21. The minimum atomic E-state index is -0.508. The van der Waals surface area contributed by atoms with Crippen LogP contribution in [0, 0.1) is 0 Å². The molecule has 0 radical (unpaired) electrons. The molecular formula is C13H18ClNO4. The number of ether oxygens (including phenoxy) is 2. The second-order valence-electron chi connectivity index (χ2n) is 4.12. The lowest BCUT2D eigenvalue weighted by Crippen LogP contribution is -2.14. The first-order chi connectivity index (χ1) is 8.97. The molecule has 0 bridgehead atoms. The standard InChI is InChI=1S/C13H18ClNO4/c1-8(16)4-5-13(17)15-10-7-12(19-3)11(18-2)6-9(10)14/h6-8,16H,4-5H2,1-3H3,(H,15,17). The van der Waals surface area contributed by atoms with Gasteiger partial charge in [-0.2, -0.15) is 0 Å². The monoisotopic (exact) mass is 287 g/mol. The first-order valence-corrected chi connectivity index (χ1v) is 6.25. The van der Waals surface area contributed by atoms with E-state index in [0.29, 0.717) is 28.6 Å². The van der Waals surface area contributed by atoms with Crippen molar-refractivity contribution in [3.63, 3.8) is 0 Å². The maximum atomic E-state index is 11.7. The first-order valence-electron chi connectivity index (χ1n) is 5.87. The molecule has 1 atom stereocenters. The minimum absolute atomic E-state index is 0.213. The summed E-state index contributed by atoms with van der Waals surface area (Å²) >= 11 is 6.04. The summed E-state index contributed by atoms with van der Waals surface area (Å²) in [6, 6.07) is 3.17. The van der Waals surface area contributed by atoms with Crippen molar-refractivity contribution in [3.05, 3.63) is 17.2 Å². The lowest BCUT2D eigenvalue weighted by molar-refractivity contribution is -0.116. The summed E-state index contributed by atoms with van der Waals surface area (Å²) in [5, 5.41) is 12.2. The van der Waals surface area contributed by atoms with Crippen molar-refractivity contribution in [1.82, 2.24) is 0 Å². The maximum Gasteiger partial charge on any atom is 0.224 e. The fourth-order valence-corrected chi connectivity index (χ4v) is 1.70. The van der Waals surface area contributed by atoms with E-state index in [1.807, 2.05) is 0 Å². The quantitative estimate of drug-likeness (QED) is 0.843. The third-order valence-electron chi connectivity index (χ3n) is 2.54. The van der Waals surface area contributed by atoms with E-state index < -0.39 is 6.10 Å². The number of benzene rings is 1. The Kier molecular flexibility index (Phi) is 5.92. The molecule has 0 aliphatic heterocycles. The van der Waals surface area contributed by atoms with E-state index in [9.17, 15) is 4.79 Å². The summed E-state index contributed by atoms with van der Waals surface area (Å²) in [6.45, 7) is 1.64. The Morgan fingerprint density at radius 3 is 2.47 bits per heavy atom. The van der Waals surface area contributed by atoms with Crippen molar-refractivity contribution in [3.8, 4) is 11.5 Å². The largest absolute Gasteiger partial charge is 0.493 e. The van der Waals surface area contributed by atoms with Crippen molar-refractivity contribution in [1.29, 1.82) is 0 Å². The predicted molar refractivity (Wildman–Crippen MR) is 74.1 cm³/mol. The van der Waals surface area contributed by atoms with Crippen LogP contribution in [0.1, 0.15) is 19.8 Å². The number of amides is 1. The fourth-order valence-electron chi connectivity index (χ4n) is 1.50. The number of hydrogen-bond donors (Lipinski definition) is 2. The number of nitrogens with one attached hydrogen (secondary N) is 1. The van der Waals surface area contributed by atoms with Crippen LogP contribution in [0.5, 0.6) is 11.5 Å². The molecule has 1 rings (SSSR count). The Labute approximate surface area is 117 Å². The number of hydrogen-bond acceptors (Lipinski definition) is 4. The zero-order chi connectivity index (χ0) is 14.4. The molecule has 0 saturated heterocycles. The van der Waals surface area contributed by atoms with Crippen LogP contribution in [0.2, 0.25) is 5.02 Å². The van der Waals surface area contributed by atoms with Gasteiger partial charge >= 0.3 is 0 Å². The van der Waals surface area contributed by atoms with Crippen molar-refractivity contribution < 1.29 is 19.4 Å². The lowest BCUT2D eigenvalue weighted by Gasteiger charge is -2.12. The number of carbonyl (C=O) groups excluding carboxylic acids is 1. The Bertz CT molecular complexity index is 449. The van der Waals surface area contributed by atoms with Gasteiger partial charge in [0.1, 0.15) is 0 Å². The fraction of sp³-hybridized carbons (Fsp3) is 0.462. The van der Waals surface area contributed by atoms with Gasteiger partial charge in [-0.05, 0) is 13.3 Å². The summed E-state index contributed by atoms with van der Waals surface area (Å²) < 4.78 is 10.2. The van der Waals surface area contributed by atoms with Gasteiger partial charge in [0.05, 0.1) is 31.0 Å². The highest BCUT2D eigenvalue weighted by molar-refractivity contribution is 6.34. The summed E-state index contributed by atoms with van der Waals surface area (Å²) in [5.41, 5.74) is 0.454. The number of aliphatic hydroxyl groups is 1. The number of rotatable bonds is 6. The smallest absolute Gasteiger partial charge is 0.224 e. The Hall–Kier alpha value is -1.46. The molecule has 0 aliphatic rings. The van der Waals surface area contributed by atoms with Crippen LogP contribution in [0.3, 0.4) is 0 Å². The van der Waals surface area contributed by atoms with Crippen LogP contribution in [-0.4, -0.2) is 31.3 Å². The molecule has 1 amide bonds. The molecule has 19 heavy (non-hydrogen) atoms. The van der Waals surface area contributed by atoms with Gasteiger partial charge in [0.2, 0.25) is 5.91 Å². The Balaban J connectivity index is 2.80. The van der Waals surface area contributed by atoms with Crippen LogP contribution >= 0.6 is 11.6 Å². The van der Waals surface area contributed by atoms with E-state index >= 15 is 0 Å². The SMILES string of the molecule is COc1cc(Cl)c(NC(=O)CCC(C)O)cc1OC. The van der Waals surface area contributed by atoms with Gasteiger partial charge in [-0.3, -0.25) is 4.79 Å². The van der Waals surface area contributed by atoms with Gasteiger partial charge in [0.25, 0.3) is 0 Å². The van der Waals surface area contributed by atoms with Gasteiger partial charge in [-0.1, -0.05) is 11.6 Å². The zero-order valence-electron chi connectivity index (χ0n) is 11.2. The van der Waals surface area contributed by atoms with E-state index in [4.69, 9.17) is 26.2 Å². The molecule has 2 N–H and O–H groups in total. The molecule has 1 aromatic carbocycles. The number of methoxy groups -OCH3 is 2. The molecular weight excluding hydrogens is 270 g/mol. The second-order valence-corrected chi connectivity index (χ2v) is 4.53. The maximum absolute atomic E-state index is 11.7. The molecule has 106 valence electrons. The number of carbonyl (C=O) groups is 1. The van der Waals surface area contributed by atoms with Crippen LogP contribution in [-0.2, 0) is 4.79 Å². The topological polar surface area (TPSA) is 67.8 Å². The van der Waals surface area contributed by atoms with Crippen molar-refractivity contribution >= 4 is 23.2 Å². The van der Waals surface area contributed by atoms with E-state index in [1.54, 1.807) is 19.1 Å².